The normalized spacial score (nSPS) is 20.6. The molecule has 0 aliphatic carbocycles. The van der Waals surface area contributed by atoms with Crippen LogP contribution in [0, 0.1) is 6.92 Å². The van der Waals surface area contributed by atoms with Crippen LogP contribution in [0.25, 0.3) is 0 Å². The molecule has 2 aromatic heterocycles. The van der Waals surface area contributed by atoms with Crippen molar-refractivity contribution in [1.29, 1.82) is 0 Å². The molecule has 1 aliphatic rings. The van der Waals surface area contributed by atoms with Crippen LogP contribution in [0.15, 0.2) is 6.33 Å². The Balaban J connectivity index is 1.74. The van der Waals surface area contributed by atoms with Crippen LogP contribution in [0.5, 0.6) is 0 Å². The summed E-state index contributed by atoms with van der Waals surface area (Å²) in [7, 11) is 0. The van der Waals surface area contributed by atoms with Crippen LogP contribution in [-0.4, -0.2) is 38.5 Å². The Morgan fingerprint density at radius 2 is 2.44 bits per heavy atom. The van der Waals surface area contributed by atoms with Crippen LogP contribution >= 0.6 is 11.3 Å². The molecular weight excluding hydrogens is 224 g/mol. The zero-order valence-corrected chi connectivity index (χ0v) is 9.74. The first-order chi connectivity index (χ1) is 7.83. The van der Waals surface area contributed by atoms with Gasteiger partial charge >= 0.3 is 0 Å². The summed E-state index contributed by atoms with van der Waals surface area (Å²) in [6, 6.07) is 0. The first-order valence-corrected chi connectivity index (χ1v) is 6.05. The van der Waals surface area contributed by atoms with Crippen molar-refractivity contribution >= 4 is 16.5 Å². The molecule has 1 atom stereocenters. The van der Waals surface area contributed by atoms with Crippen LogP contribution in [-0.2, 0) is 0 Å². The fraction of sp³-hybridized carbons (Fsp3) is 0.556. The minimum absolute atomic E-state index is 0.437. The molecular formula is C9H12N6S. The van der Waals surface area contributed by atoms with Gasteiger partial charge in [0.2, 0.25) is 5.13 Å². The molecule has 0 aromatic carbocycles. The first-order valence-electron chi connectivity index (χ1n) is 5.23. The lowest BCUT2D eigenvalue weighted by molar-refractivity contribution is 0.714. The van der Waals surface area contributed by atoms with Crippen molar-refractivity contribution in [3.05, 3.63) is 17.2 Å². The van der Waals surface area contributed by atoms with Gasteiger partial charge in [-0.15, -0.1) is 10.2 Å². The molecule has 1 aliphatic heterocycles. The molecule has 1 saturated heterocycles. The van der Waals surface area contributed by atoms with E-state index in [1.165, 1.54) is 0 Å². The zero-order chi connectivity index (χ0) is 11.0. The van der Waals surface area contributed by atoms with Crippen molar-refractivity contribution < 1.29 is 0 Å². The highest BCUT2D eigenvalue weighted by atomic mass is 32.1. The molecule has 0 radical (unpaired) electrons. The number of nitrogens with one attached hydrogen (secondary N) is 1. The number of aryl methyl sites for hydroxylation is 1. The molecule has 0 bridgehead atoms. The maximum Gasteiger partial charge on any atom is 0.208 e. The summed E-state index contributed by atoms with van der Waals surface area (Å²) in [6.45, 7) is 3.94. The third kappa shape index (κ3) is 1.67. The lowest BCUT2D eigenvalue weighted by Gasteiger charge is -2.12. The summed E-state index contributed by atoms with van der Waals surface area (Å²) in [5, 5.41) is 17.1. The highest BCUT2D eigenvalue weighted by molar-refractivity contribution is 7.15. The molecule has 1 N–H and O–H groups in total. The summed E-state index contributed by atoms with van der Waals surface area (Å²) in [5.41, 5.74) is 0. The van der Waals surface area contributed by atoms with Gasteiger partial charge in [0.1, 0.15) is 17.2 Å². The number of hydrogen-bond donors (Lipinski definition) is 1. The van der Waals surface area contributed by atoms with Gasteiger partial charge in [-0.1, -0.05) is 11.3 Å². The quantitative estimate of drug-likeness (QED) is 0.841. The molecule has 1 unspecified atom stereocenters. The first kappa shape index (κ1) is 9.71. The maximum atomic E-state index is 4.21. The highest BCUT2D eigenvalue weighted by Gasteiger charge is 2.27. The highest BCUT2D eigenvalue weighted by Crippen LogP contribution is 2.30. The summed E-state index contributed by atoms with van der Waals surface area (Å²) < 4.78 is 0. The van der Waals surface area contributed by atoms with Crippen LogP contribution in [0.1, 0.15) is 23.2 Å². The van der Waals surface area contributed by atoms with Crippen LogP contribution in [0.3, 0.4) is 0 Å². The van der Waals surface area contributed by atoms with Crippen molar-refractivity contribution in [2.75, 3.05) is 18.0 Å². The predicted octanol–water partition coefficient (Wildman–Crippen LogP) is 0.959. The van der Waals surface area contributed by atoms with Gasteiger partial charge in [0, 0.05) is 19.0 Å². The minimum Gasteiger partial charge on any atom is -0.346 e. The standard InChI is InChI=1S/C9H12N6S/c1-6-12-14-9(16-6)15-3-2-7(4-15)8-10-5-11-13-8/h5,7H,2-4H2,1H3,(H,10,11,13). The van der Waals surface area contributed by atoms with Crippen LogP contribution in [0.2, 0.25) is 0 Å². The molecule has 3 rings (SSSR count). The smallest absolute Gasteiger partial charge is 0.208 e. The Morgan fingerprint density at radius 3 is 3.12 bits per heavy atom. The lowest BCUT2D eigenvalue weighted by Crippen LogP contribution is -2.19. The van der Waals surface area contributed by atoms with Gasteiger partial charge in [-0.05, 0) is 13.3 Å². The third-order valence-corrected chi connectivity index (χ3v) is 3.69. The van der Waals surface area contributed by atoms with Gasteiger partial charge in [-0.3, -0.25) is 5.10 Å². The third-order valence-electron chi connectivity index (χ3n) is 2.79. The van der Waals surface area contributed by atoms with E-state index in [-0.39, 0.29) is 0 Å². The number of anilines is 1. The summed E-state index contributed by atoms with van der Waals surface area (Å²) in [4.78, 5) is 6.47. The lowest BCUT2D eigenvalue weighted by atomic mass is 10.1. The topological polar surface area (TPSA) is 70.6 Å². The number of rotatable bonds is 2. The summed E-state index contributed by atoms with van der Waals surface area (Å²) in [6.07, 6.45) is 2.65. The van der Waals surface area contributed by atoms with Gasteiger partial charge < -0.3 is 4.90 Å². The van der Waals surface area contributed by atoms with Gasteiger partial charge in [0.25, 0.3) is 0 Å². The Bertz CT molecular complexity index is 464. The molecule has 84 valence electrons. The van der Waals surface area contributed by atoms with E-state index in [4.69, 9.17) is 0 Å². The molecule has 0 spiro atoms. The van der Waals surface area contributed by atoms with Gasteiger partial charge in [-0.2, -0.15) is 5.10 Å². The van der Waals surface area contributed by atoms with E-state index >= 15 is 0 Å². The SMILES string of the molecule is Cc1nnc(N2CCC(c3ncn[nH]3)C2)s1. The molecule has 0 amide bonds. The Kier molecular flexibility index (Phi) is 2.32. The molecule has 3 heterocycles. The largest absolute Gasteiger partial charge is 0.346 e. The molecule has 1 fully saturated rings. The van der Waals surface area contributed by atoms with Crippen molar-refractivity contribution in [2.24, 2.45) is 0 Å². The second-order valence-corrected chi connectivity index (χ2v) is 5.07. The summed E-state index contributed by atoms with van der Waals surface area (Å²) in [5.74, 6) is 1.41. The number of H-pyrrole nitrogens is 1. The molecule has 16 heavy (non-hydrogen) atoms. The van der Waals surface area contributed by atoms with E-state index < -0.39 is 0 Å². The number of hydrogen-bond acceptors (Lipinski definition) is 6. The van der Waals surface area contributed by atoms with E-state index in [1.54, 1.807) is 17.7 Å². The summed E-state index contributed by atoms with van der Waals surface area (Å²) >= 11 is 1.64. The van der Waals surface area contributed by atoms with E-state index in [1.807, 2.05) is 6.92 Å². The van der Waals surface area contributed by atoms with Crippen LogP contribution < -0.4 is 4.90 Å². The monoisotopic (exact) mass is 236 g/mol. The molecule has 6 nitrogen and oxygen atoms in total. The molecule has 7 heteroatoms. The Morgan fingerprint density at radius 1 is 1.50 bits per heavy atom. The average molecular weight is 236 g/mol. The average Bonchev–Trinajstić information content (AvgIpc) is 2.97. The van der Waals surface area contributed by atoms with Crippen molar-refractivity contribution in [3.8, 4) is 0 Å². The molecule has 2 aromatic rings. The minimum atomic E-state index is 0.437. The van der Waals surface area contributed by atoms with Gasteiger partial charge in [0.15, 0.2) is 0 Å². The van der Waals surface area contributed by atoms with Crippen LogP contribution in [0.4, 0.5) is 5.13 Å². The van der Waals surface area contributed by atoms with Crippen molar-refractivity contribution in [1.82, 2.24) is 25.4 Å². The van der Waals surface area contributed by atoms with E-state index in [9.17, 15) is 0 Å². The second kappa shape index (κ2) is 3.82. The number of aromatic amines is 1. The second-order valence-electron chi connectivity index (χ2n) is 3.91. The van der Waals surface area contributed by atoms with E-state index in [2.05, 4.69) is 30.3 Å². The fourth-order valence-electron chi connectivity index (χ4n) is 1.98. The zero-order valence-electron chi connectivity index (χ0n) is 8.92. The fourth-order valence-corrected chi connectivity index (χ4v) is 2.71. The van der Waals surface area contributed by atoms with E-state index in [0.717, 1.165) is 35.5 Å². The number of nitrogens with zero attached hydrogens (tertiary/aromatic N) is 5. The van der Waals surface area contributed by atoms with Gasteiger partial charge in [-0.25, -0.2) is 4.98 Å². The van der Waals surface area contributed by atoms with E-state index in [0.29, 0.717) is 5.92 Å². The van der Waals surface area contributed by atoms with Gasteiger partial charge in [0.05, 0.1) is 0 Å². The number of aromatic nitrogens is 5. The Labute approximate surface area is 96.7 Å². The predicted molar refractivity (Wildman–Crippen MR) is 60.6 cm³/mol. The molecule has 0 saturated carbocycles. The maximum absolute atomic E-state index is 4.21. The van der Waals surface area contributed by atoms with Crippen molar-refractivity contribution in [2.45, 2.75) is 19.3 Å². The Hall–Kier alpha value is -1.50. The van der Waals surface area contributed by atoms with Crippen molar-refractivity contribution in [3.63, 3.8) is 0 Å².